The highest BCUT2D eigenvalue weighted by Crippen LogP contribution is 2.23. The molecule has 0 saturated heterocycles. The zero-order valence-corrected chi connectivity index (χ0v) is 24.7. The summed E-state index contributed by atoms with van der Waals surface area (Å²) in [5.41, 5.74) is 0.927. The maximum Gasteiger partial charge on any atom is 0.502 e. The van der Waals surface area contributed by atoms with Gasteiger partial charge in [-0.05, 0) is 87.1 Å². The van der Waals surface area contributed by atoms with Crippen molar-refractivity contribution in [2.75, 3.05) is 46.7 Å². The molecule has 216 valence electrons. The normalized spacial score (nSPS) is 11.6. The third-order valence-electron chi connectivity index (χ3n) is 5.78. The second-order valence-corrected chi connectivity index (χ2v) is 11.4. The van der Waals surface area contributed by atoms with Crippen molar-refractivity contribution in [2.24, 2.45) is 0 Å². The van der Waals surface area contributed by atoms with Crippen LogP contribution in [0.5, 0.6) is 5.75 Å². The molecule has 0 aliphatic rings. The van der Waals surface area contributed by atoms with Gasteiger partial charge in [0.1, 0.15) is 5.75 Å². The molecular weight excluding hydrogens is 518 g/mol. The quantitative estimate of drug-likeness (QED) is 0.100. The van der Waals surface area contributed by atoms with E-state index in [4.69, 9.17) is 22.8 Å². The van der Waals surface area contributed by atoms with Crippen LogP contribution < -0.4 is 10.1 Å². The smallest absolute Gasteiger partial charge is 0.494 e. The molecule has 2 aromatic carbocycles. The van der Waals surface area contributed by atoms with Crippen molar-refractivity contribution in [3.8, 4) is 5.75 Å². The molecule has 1 N–H and O–H groups in total. The first-order chi connectivity index (χ1) is 18.9. The molecule has 0 saturated carbocycles. The summed E-state index contributed by atoms with van der Waals surface area (Å²) in [6.07, 6.45) is 6.35. The minimum atomic E-state index is -2.77. The predicted molar refractivity (Wildman–Crippen MR) is 154 cm³/mol. The zero-order valence-electron chi connectivity index (χ0n) is 23.7. The fourth-order valence-electron chi connectivity index (χ4n) is 3.95. The van der Waals surface area contributed by atoms with E-state index in [1.54, 1.807) is 6.08 Å². The van der Waals surface area contributed by atoms with Crippen LogP contribution in [0.2, 0.25) is 6.04 Å². The summed E-state index contributed by atoms with van der Waals surface area (Å²) >= 11 is 0. The van der Waals surface area contributed by atoms with Crippen LogP contribution in [0.1, 0.15) is 52.0 Å². The van der Waals surface area contributed by atoms with Crippen LogP contribution in [-0.4, -0.2) is 67.6 Å². The summed E-state index contributed by atoms with van der Waals surface area (Å²) < 4.78 is 33.2. The van der Waals surface area contributed by atoms with Gasteiger partial charge in [0.25, 0.3) is 0 Å². The minimum Gasteiger partial charge on any atom is -0.494 e. The van der Waals surface area contributed by atoms with Gasteiger partial charge in [-0.2, -0.15) is 0 Å². The molecule has 0 heterocycles. The number of hydrogen-bond acceptors (Lipinski definition) is 8. The number of rotatable bonds is 19. The van der Waals surface area contributed by atoms with Crippen LogP contribution in [0.15, 0.2) is 42.5 Å². The van der Waals surface area contributed by atoms with Crippen molar-refractivity contribution in [3.05, 3.63) is 48.0 Å². The van der Waals surface area contributed by atoms with Gasteiger partial charge >= 0.3 is 20.9 Å². The first-order valence-corrected chi connectivity index (χ1v) is 15.6. The summed E-state index contributed by atoms with van der Waals surface area (Å²) in [4.78, 5) is 23.3. The molecule has 0 aliphatic carbocycles. The van der Waals surface area contributed by atoms with E-state index < -0.39 is 14.9 Å². The van der Waals surface area contributed by atoms with Gasteiger partial charge in [-0.15, -0.1) is 0 Å². The molecule has 39 heavy (non-hydrogen) atoms. The molecule has 10 heteroatoms. The second-order valence-electron chi connectivity index (χ2n) is 8.68. The summed E-state index contributed by atoms with van der Waals surface area (Å²) in [6.45, 7) is 8.60. The number of carbonyl (C=O) groups excluding carboxylic acids is 2. The maximum atomic E-state index is 12.0. The molecule has 0 atom stereocenters. The average molecular weight is 562 g/mol. The molecule has 0 fully saturated rings. The van der Waals surface area contributed by atoms with Gasteiger partial charge in [0.15, 0.2) is 0 Å². The number of fused-ring (bicyclic) bond motifs is 1. The monoisotopic (exact) mass is 561 g/mol. The van der Waals surface area contributed by atoms with E-state index in [0.29, 0.717) is 45.6 Å². The minimum absolute atomic E-state index is 0.374. The highest BCUT2D eigenvalue weighted by Gasteiger charge is 2.40. The van der Waals surface area contributed by atoms with Crippen LogP contribution in [-0.2, 0) is 27.5 Å². The Morgan fingerprint density at radius 2 is 1.49 bits per heavy atom. The predicted octanol–water partition coefficient (Wildman–Crippen LogP) is 5.74. The fourth-order valence-corrected chi connectivity index (χ4v) is 6.38. The van der Waals surface area contributed by atoms with E-state index in [1.165, 1.54) is 13.2 Å². The molecule has 0 aliphatic heterocycles. The van der Waals surface area contributed by atoms with Crippen molar-refractivity contribution in [3.63, 3.8) is 0 Å². The molecule has 1 amide bonds. The van der Waals surface area contributed by atoms with E-state index in [1.807, 2.05) is 57.2 Å². The van der Waals surface area contributed by atoms with Gasteiger partial charge < -0.3 is 32.8 Å². The second kappa shape index (κ2) is 18.4. The zero-order chi connectivity index (χ0) is 28.3. The number of alkyl carbamates (subject to hydrolysis) is 1. The Labute approximate surface area is 233 Å². The highest BCUT2D eigenvalue weighted by atomic mass is 28.4. The Bertz CT molecular complexity index is 1030. The summed E-state index contributed by atoms with van der Waals surface area (Å²) in [6, 6.07) is 12.4. The molecule has 2 rings (SSSR count). The molecule has 0 spiro atoms. The third kappa shape index (κ3) is 12.2. The van der Waals surface area contributed by atoms with E-state index in [0.717, 1.165) is 47.8 Å². The van der Waals surface area contributed by atoms with Gasteiger partial charge in [-0.1, -0.05) is 18.2 Å². The van der Waals surface area contributed by atoms with Crippen molar-refractivity contribution in [1.82, 2.24) is 5.32 Å². The number of amides is 1. The van der Waals surface area contributed by atoms with Crippen LogP contribution in [0, 0.1) is 0 Å². The van der Waals surface area contributed by atoms with Gasteiger partial charge in [0.05, 0.1) is 20.3 Å². The Kier molecular flexibility index (Phi) is 15.2. The van der Waals surface area contributed by atoms with Crippen molar-refractivity contribution in [1.29, 1.82) is 0 Å². The fraction of sp³-hybridized carbons (Fsp3) is 0.517. The molecule has 0 bridgehead atoms. The lowest BCUT2D eigenvalue weighted by Gasteiger charge is -2.28. The van der Waals surface area contributed by atoms with Gasteiger partial charge in [-0.25, -0.2) is 9.59 Å². The molecule has 0 radical (unpaired) electrons. The lowest BCUT2D eigenvalue weighted by atomic mass is 10.1. The van der Waals surface area contributed by atoms with Crippen molar-refractivity contribution >= 4 is 37.7 Å². The van der Waals surface area contributed by atoms with E-state index in [-0.39, 0.29) is 5.97 Å². The van der Waals surface area contributed by atoms with E-state index >= 15 is 0 Å². The largest absolute Gasteiger partial charge is 0.502 e. The highest BCUT2D eigenvalue weighted by molar-refractivity contribution is 6.60. The van der Waals surface area contributed by atoms with Crippen molar-refractivity contribution < 1.29 is 37.1 Å². The molecule has 0 aromatic heterocycles. The van der Waals surface area contributed by atoms with E-state index in [9.17, 15) is 9.59 Å². The number of methoxy groups -OCH3 is 1. The lowest BCUT2D eigenvalue weighted by Crippen LogP contribution is -2.48. The Hall–Kier alpha value is -2.92. The number of nitrogens with one attached hydrogen (secondary N) is 1. The third-order valence-corrected chi connectivity index (χ3v) is 8.83. The number of hydrogen-bond donors (Lipinski definition) is 1. The number of unbranched alkanes of at least 4 members (excludes halogenated alkanes) is 3. The number of benzene rings is 2. The molecule has 0 unspecified atom stereocenters. The lowest BCUT2D eigenvalue weighted by molar-refractivity contribution is -0.134. The molecule has 2 aromatic rings. The number of esters is 1. The van der Waals surface area contributed by atoms with E-state index in [2.05, 4.69) is 10.1 Å². The van der Waals surface area contributed by atoms with Gasteiger partial charge in [0.2, 0.25) is 0 Å². The van der Waals surface area contributed by atoms with Crippen LogP contribution in [0.3, 0.4) is 0 Å². The summed E-state index contributed by atoms with van der Waals surface area (Å²) in [5, 5.41) is 4.90. The first kappa shape index (κ1) is 32.3. The Balaban J connectivity index is 1.59. The first-order valence-electron chi connectivity index (χ1n) is 13.7. The Morgan fingerprint density at radius 3 is 2.15 bits per heavy atom. The van der Waals surface area contributed by atoms with Gasteiger partial charge in [0, 0.05) is 38.5 Å². The topological polar surface area (TPSA) is 102 Å². The molecular formula is C29H43NO8Si. The van der Waals surface area contributed by atoms with Crippen LogP contribution in [0.25, 0.3) is 16.8 Å². The molecule has 9 nitrogen and oxygen atoms in total. The number of carbonyl (C=O) groups is 2. The van der Waals surface area contributed by atoms with Crippen LogP contribution in [0.4, 0.5) is 4.79 Å². The standard InChI is InChI=1S/C29H43NO8Si/c1-5-36-39(37-6-2,38-7-3)21-18-30-29(32)35-20-11-9-8-10-19-34-27-16-15-25-22-24(12-14-26(25)23-27)13-17-28(31)33-4/h12-17,22-23H,5-11,18-21H2,1-4H3,(H,30,32). The van der Waals surface area contributed by atoms with Crippen LogP contribution >= 0.6 is 0 Å². The maximum absolute atomic E-state index is 12.0. The summed E-state index contributed by atoms with van der Waals surface area (Å²) in [5.74, 6) is 0.445. The average Bonchev–Trinajstić information content (AvgIpc) is 2.93. The Morgan fingerprint density at radius 1 is 0.846 bits per heavy atom. The summed E-state index contributed by atoms with van der Waals surface area (Å²) in [7, 11) is -1.41. The van der Waals surface area contributed by atoms with Crippen molar-refractivity contribution in [2.45, 2.75) is 52.5 Å². The van der Waals surface area contributed by atoms with Gasteiger partial charge in [-0.3, -0.25) is 0 Å². The number of ether oxygens (including phenoxy) is 3. The SMILES string of the molecule is CCO[Si](CCNC(=O)OCCCCCCOc1ccc2cc(C=CC(=O)OC)ccc2c1)(OCC)OCC.